The Hall–Kier alpha value is -0.860. The highest BCUT2D eigenvalue weighted by Gasteiger charge is 2.24. The quantitative estimate of drug-likeness (QED) is 0.781. The molecule has 0 saturated heterocycles. The van der Waals surface area contributed by atoms with Crippen LogP contribution >= 0.6 is 0 Å². The van der Waals surface area contributed by atoms with Crippen molar-refractivity contribution in [1.82, 2.24) is 4.90 Å². The molecule has 1 aromatic rings. The first-order valence-electron chi connectivity index (χ1n) is 6.72. The molecule has 1 atom stereocenters. The van der Waals surface area contributed by atoms with Gasteiger partial charge in [-0.05, 0) is 31.4 Å². The van der Waals surface area contributed by atoms with E-state index in [1.807, 2.05) is 0 Å². The van der Waals surface area contributed by atoms with Gasteiger partial charge in [0.1, 0.15) is 0 Å². The van der Waals surface area contributed by atoms with E-state index in [1.54, 1.807) is 0 Å². The predicted octanol–water partition coefficient (Wildman–Crippen LogP) is 2.29. The molecule has 0 bridgehead atoms. The fourth-order valence-corrected chi connectivity index (χ4v) is 2.31. The van der Waals surface area contributed by atoms with E-state index in [2.05, 4.69) is 42.3 Å². The molecule has 17 heavy (non-hydrogen) atoms. The summed E-state index contributed by atoms with van der Waals surface area (Å²) < 4.78 is 0. The van der Waals surface area contributed by atoms with Gasteiger partial charge in [-0.2, -0.15) is 0 Å². The van der Waals surface area contributed by atoms with Crippen LogP contribution in [0.2, 0.25) is 0 Å². The highest BCUT2D eigenvalue weighted by atomic mass is 15.1. The van der Waals surface area contributed by atoms with E-state index in [0.29, 0.717) is 6.04 Å². The Labute approximate surface area is 105 Å². The Bertz CT molecular complexity index is 319. The van der Waals surface area contributed by atoms with Crippen LogP contribution in [0.3, 0.4) is 0 Å². The molecule has 2 N–H and O–H groups in total. The van der Waals surface area contributed by atoms with Crippen LogP contribution in [-0.2, 0) is 6.42 Å². The molecule has 0 radical (unpaired) electrons. The molecule has 2 heteroatoms. The summed E-state index contributed by atoms with van der Waals surface area (Å²) >= 11 is 0. The molecular weight excluding hydrogens is 208 g/mol. The maximum Gasteiger partial charge on any atom is 0.0170 e. The van der Waals surface area contributed by atoms with Crippen LogP contribution in [0.4, 0.5) is 0 Å². The van der Waals surface area contributed by atoms with E-state index in [1.165, 1.54) is 24.8 Å². The van der Waals surface area contributed by atoms with Gasteiger partial charge in [0.25, 0.3) is 0 Å². The summed E-state index contributed by atoms with van der Waals surface area (Å²) in [6.45, 7) is 2.13. The molecule has 0 aliphatic heterocycles. The molecule has 2 rings (SSSR count). The third-order valence-electron chi connectivity index (χ3n) is 3.50. The molecular formula is C15H24N2. The Morgan fingerprint density at radius 1 is 1.29 bits per heavy atom. The summed E-state index contributed by atoms with van der Waals surface area (Å²) in [6.07, 6.45) is 5.14. The second-order valence-corrected chi connectivity index (χ2v) is 5.44. The van der Waals surface area contributed by atoms with Gasteiger partial charge >= 0.3 is 0 Å². The highest BCUT2D eigenvalue weighted by Crippen LogP contribution is 2.33. The molecule has 0 unspecified atom stereocenters. The normalized spacial score (nSPS) is 17.4. The van der Waals surface area contributed by atoms with Gasteiger partial charge in [-0.3, -0.25) is 0 Å². The zero-order valence-electron chi connectivity index (χ0n) is 10.8. The lowest BCUT2D eigenvalue weighted by molar-refractivity contribution is 0.304. The van der Waals surface area contributed by atoms with Crippen molar-refractivity contribution in [2.24, 2.45) is 11.7 Å². The second-order valence-electron chi connectivity index (χ2n) is 5.44. The van der Waals surface area contributed by atoms with Crippen LogP contribution in [-0.4, -0.2) is 31.1 Å². The van der Waals surface area contributed by atoms with Crippen LogP contribution in [0.1, 0.15) is 24.8 Å². The van der Waals surface area contributed by atoms with Gasteiger partial charge in [0.15, 0.2) is 0 Å². The van der Waals surface area contributed by atoms with E-state index in [0.717, 1.165) is 25.4 Å². The molecule has 94 valence electrons. The summed E-state index contributed by atoms with van der Waals surface area (Å²) in [7, 11) is 2.18. The maximum atomic E-state index is 6.14. The van der Waals surface area contributed by atoms with Gasteiger partial charge in [0.2, 0.25) is 0 Å². The largest absolute Gasteiger partial charge is 0.327 e. The lowest BCUT2D eigenvalue weighted by Gasteiger charge is -2.21. The highest BCUT2D eigenvalue weighted by molar-refractivity contribution is 5.14. The Morgan fingerprint density at radius 3 is 2.65 bits per heavy atom. The van der Waals surface area contributed by atoms with Crippen molar-refractivity contribution >= 4 is 0 Å². The first-order valence-corrected chi connectivity index (χ1v) is 6.72. The van der Waals surface area contributed by atoms with Crippen molar-refractivity contribution < 1.29 is 0 Å². The number of nitrogens with two attached hydrogens (primary N) is 1. The molecule has 2 nitrogen and oxygen atoms in total. The number of hydrogen-bond acceptors (Lipinski definition) is 2. The second kappa shape index (κ2) is 6.18. The Balaban J connectivity index is 1.64. The fraction of sp³-hybridized carbons (Fsp3) is 0.600. The van der Waals surface area contributed by atoms with Gasteiger partial charge in [-0.15, -0.1) is 0 Å². The SMILES string of the molecule is CN(CCc1ccccc1)C[C@@H](N)CC1CC1. The third-order valence-corrected chi connectivity index (χ3v) is 3.50. The summed E-state index contributed by atoms with van der Waals surface area (Å²) in [6, 6.07) is 11.0. The van der Waals surface area contributed by atoms with Crippen LogP contribution < -0.4 is 5.73 Å². The summed E-state index contributed by atoms with van der Waals surface area (Å²) in [5.41, 5.74) is 7.55. The van der Waals surface area contributed by atoms with Crippen molar-refractivity contribution in [2.45, 2.75) is 31.7 Å². The number of benzene rings is 1. The van der Waals surface area contributed by atoms with Crippen molar-refractivity contribution in [2.75, 3.05) is 20.1 Å². The van der Waals surface area contributed by atoms with Gasteiger partial charge in [0.05, 0.1) is 0 Å². The summed E-state index contributed by atoms with van der Waals surface area (Å²) in [5.74, 6) is 0.938. The first kappa shape index (κ1) is 12.6. The lowest BCUT2D eigenvalue weighted by atomic mass is 10.1. The van der Waals surface area contributed by atoms with E-state index in [9.17, 15) is 0 Å². The first-order chi connectivity index (χ1) is 8.24. The molecule has 1 aromatic carbocycles. The summed E-state index contributed by atoms with van der Waals surface area (Å²) in [5, 5.41) is 0. The van der Waals surface area contributed by atoms with Gasteiger partial charge in [-0.1, -0.05) is 43.2 Å². The molecule has 0 amide bonds. The monoisotopic (exact) mass is 232 g/mol. The van der Waals surface area contributed by atoms with Crippen molar-refractivity contribution in [1.29, 1.82) is 0 Å². The summed E-state index contributed by atoms with van der Waals surface area (Å²) in [4.78, 5) is 2.36. The smallest absolute Gasteiger partial charge is 0.0170 e. The van der Waals surface area contributed by atoms with Gasteiger partial charge in [0, 0.05) is 19.1 Å². The average molecular weight is 232 g/mol. The minimum absolute atomic E-state index is 0.364. The average Bonchev–Trinajstić information content (AvgIpc) is 3.11. The lowest BCUT2D eigenvalue weighted by Crippen LogP contribution is -2.36. The van der Waals surface area contributed by atoms with E-state index in [-0.39, 0.29) is 0 Å². The third kappa shape index (κ3) is 4.88. The molecule has 1 aliphatic rings. The van der Waals surface area contributed by atoms with Crippen molar-refractivity contribution in [3.05, 3.63) is 35.9 Å². The van der Waals surface area contributed by atoms with Crippen LogP contribution in [0.15, 0.2) is 30.3 Å². The number of hydrogen-bond donors (Lipinski definition) is 1. The number of likely N-dealkylation sites (N-methyl/N-ethyl adjacent to an activating group) is 1. The number of rotatable bonds is 7. The minimum Gasteiger partial charge on any atom is -0.327 e. The zero-order valence-corrected chi connectivity index (χ0v) is 10.8. The minimum atomic E-state index is 0.364. The number of nitrogens with zero attached hydrogens (tertiary/aromatic N) is 1. The molecule has 0 heterocycles. The van der Waals surface area contributed by atoms with Gasteiger partial charge in [-0.25, -0.2) is 0 Å². The van der Waals surface area contributed by atoms with E-state index in [4.69, 9.17) is 5.73 Å². The molecule has 0 spiro atoms. The van der Waals surface area contributed by atoms with Crippen molar-refractivity contribution in [3.63, 3.8) is 0 Å². The van der Waals surface area contributed by atoms with Crippen LogP contribution in [0.5, 0.6) is 0 Å². The van der Waals surface area contributed by atoms with E-state index >= 15 is 0 Å². The van der Waals surface area contributed by atoms with Crippen molar-refractivity contribution in [3.8, 4) is 0 Å². The topological polar surface area (TPSA) is 29.3 Å². The van der Waals surface area contributed by atoms with Crippen LogP contribution in [0, 0.1) is 5.92 Å². The standard InChI is InChI=1S/C15H24N2/c1-17(12-15(16)11-14-7-8-14)10-9-13-5-3-2-4-6-13/h2-6,14-15H,7-12,16H2,1H3/t15-/m0/s1. The Morgan fingerprint density at radius 2 is 2.00 bits per heavy atom. The zero-order chi connectivity index (χ0) is 12.1. The van der Waals surface area contributed by atoms with Gasteiger partial charge < -0.3 is 10.6 Å². The molecule has 1 saturated carbocycles. The molecule has 1 fully saturated rings. The van der Waals surface area contributed by atoms with Crippen LogP contribution in [0.25, 0.3) is 0 Å². The molecule has 1 aliphatic carbocycles. The molecule has 0 aromatic heterocycles. The fourth-order valence-electron chi connectivity index (χ4n) is 2.31. The maximum absolute atomic E-state index is 6.14. The Kier molecular flexibility index (Phi) is 4.57. The predicted molar refractivity (Wildman–Crippen MR) is 73.0 cm³/mol. The van der Waals surface area contributed by atoms with E-state index < -0.39 is 0 Å².